The standard InChI is InChI=1S/C10H16ClN3O/c1-8-9(11)6-14(13-8)7-10(15)2-4-12-5-3-10/h6,12,15H,2-5,7H2,1H3. The van der Waals surface area contributed by atoms with E-state index >= 15 is 0 Å². The molecule has 0 aliphatic carbocycles. The largest absolute Gasteiger partial charge is 0.388 e. The number of aliphatic hydroxyl groups is 1. The van der Waals surface area contributed by atoms with E-state index in [1.54, 1.807) is 10.9 Å². The Morgan fingerprint density at radius 2 is 2.27 bits per heavy atom. The van der Waals surface area contributed by atoms with E-state index in [4.69, 9.17) is 11.6 Å². The predicted octanol–water partition coefficient (Wildman–Crippen LogP) is 0.959. The van der Waals surface area contributed by atoms with Gasteiger partial charge < -0.3 is 10.4 Å². The zero-order chi connectivity index (χ0) is 10.9. The van der Waals surface area contributed by atoms with Crippen LogP contribution in [0.5, 0.6) is 0 Å². The van der Waals surface area contributed by atoms with Gasteiger partial charge in [0.25, 0.3) is 0 Å². The molecule has 15 heavy (non-hydrogen) atoms. The first-order valence-corrected chi connectivity index (χ1v) is 5.60. The number of nitrogens with zero attached hydrogens (tertiary/aromatic N) is 2. The molecule has 84 valence electrons. The third-order valence-corrected chi connectivity index (χ3v) is 3.25. The van der Waals surface area contributed by atoms with Crippen molar-refractivity contribution < 1.29 is 5.11 Å². The van der Waals surface area contributed by atoms with E-state index in [-0.39, 0.29) is 0 Å². The van der Waals surface area contributed by atoms with Gasteiger partial charge in [-0.05, 0) is 32.9 Å². The van der Waals surface area contributed by atoms with Gasteiger partial charge in [0.15, 0.2) is 0 Å². The maximum atomic E-state index is 10.3. The Labute approximate surface area is 94.2 Å². The van der Waals surface area contributed by atoms with Gasteiger partial charge in [0.2, 0.25) is 0 Å². The quantitative estimate of drug-likeness (QED) is 0.794. The maximum Gasteiger partial charge on any atom is 0.0866 e. The van der Waals surface area contributed by atoms with Crippen LogP contribution >= 0.6 is 11.6 Å². The molecule has 4 nitrogen and oxygen atoms in total. The van der Waals surface area contributed by atoms with Gasteiger partial charge in [-0.25, -0.2) is 0 Å². The minimum atomic E-state index is -0.632. The van der Waals surface area contributed by atoms with E-state index in [9.17, 15) is 5.11 Å². The molecule has 1 aromatic heterocycles. The summed E-state index contributed by atoms with van der Waals surface area (Å²) in [5.41, 5.74) is 0.182. The highest BCUT2D eigenvalue weighted by Gasteiger charge is 2.29. The summed E-state index contributed by atoms with van der Waals surface area (Å²) in [5.74, 6) is 0. The predicted molar refractivity (Wildman–Crippen MR) is 59.0 cm³/mol. The molecule has 0 saturated carbocycles. The first-order chi connectivity index (χ1) is 7.09. The summed E-state index contributed by atoms with van der Waals surface area (Å²) in [6.07, 6.45) is 3.31. The average molecular weight is 230 g/mol. The van der Waals surface area contributed by atoms with Crippen LogP contribution in [0.3, 0.4) is 0 Å². The number of hydrogen-bond donors (Lipinski definition) is 2. The second-order valence-electron chi connectivity index (χ2n) is 4.23. The molecule has 1 aromatic rings. The van der Waals surface area contributed by atoms with Gasteiger partial charge in [-0.3, -0.25) is 4.68 Å². The lowest BCUT2D eigenvalue weighted by atomic mass is 9.92. The minimum absolute atomic E-state index is 0.530. The lowest BCUT2D eigenvalue weighted by Gasteiger charge is -2.32. The zero-order valence-corrected chi connectivity index (χ0v) is 9.59. The number of aryl methyl sites for hydroxylation is 1. The van der Waals surface area contributed by atoms with Crippen LogP contribution in [0.15, 0.2) is 6.20 Å². The van der Waals surface area contributed by atoms with Crippen molar-refractivity contribution in [1.29, 1.82) is 0 Å². The van der Waals surface area contributed by atoms with Crippen molar-refractivity contribution in [2.24, 2.45) is 0 Å². The summed E-state index contributed by atoms with van der Waals surface area (Å²) >= 11 is 5.92. The summed E-state index contributed by atoms with van der Waals surface area (Å²) in [5, 5.41) is 18.4. The Morgan fingerprint density at radius 1 is 1.60 bits per heavy atom. The Hall–Kier alpha value is -0.580. The van der Waals surface area contributed by atoms with Crippen LogP contribution in [-0.2, 0) is 6.54 Å². The molecule has 0 amide bonds. The highest BCUT2D eigenvalue weighted by Crippen LogP contribution is 2.21. The molecule has 0 radical (unpaired) electrons. The minimum Gasteiger partial charge on any atom is -0.388 e. The van der Waals surface area contributed by atoms with Crippen molar-refractivity contribution >= 4 is 11.6 Å². The second-order valence-corrected chi connectivity index (χ2v) is 4.64. The molecule has 0 atom stereocenters. The first-order valence-electron chi connectivity index (χ1n) is 5.22. The van der Waals surface area contributed by atoms with Crippen molar-refractivity contribution in [3.05, 3.63) is 16.9 Å². The number of nitrogens with one attached hydrogen (secondary N) is 1. The number of aromatic nitrogens is 2. The molecule has 2 N–H and O–H groups in total. The SMILES string of the molecule is Cc1nn(CC2(O)CCNCC2)cc1Cl. The monoisotopic (exact) mass is 229 g/mol. The maximum absolute atomic E-state index is 10.3. The third kappa shape index (κ3) is 2.51. The lowest BCUT2D eigenvalue weighted by Crippen LogP contribution is -2.44. The smallest absolute Gasteiger partial charge is 0.0866 e. The Kier molecular flexibility index (Phi) is 3.00. The van der Waals surface area contributed by atoms with Gasteiger partial charge in [-0.15, -0.1) is 0 Å². The first kappa shape index (κ1) is 10.9. The topological polar surface area (TPSA) is 50.1 Å². The van der Waals surface area contributed by atoms with E-state index < -0.39 is 5.60 Å². The van der Waals surface area contributed by atoms with Crippen LogP contribution in [0.1, 0.15) is 18.5 Å². The molecule has 1 aliphatic rings. The normalized spacial score (nSPS) is 20.5. The van der Waals surface area contributed by atoms with Gasteiger partial charge in [0.05, 0.1) is 22.9 Å². The molecule has 0 unspecified atom stereocenters. The average Bonchev–Trinajstić information content (AvgIpc) is 2.46. The van der Waals surface area contributed by atoms with Crippen LogP contribution in [0, 0.1) is 6.92 Å². The highest BCUT2D eigenvalue weighted by atomic mass is 35.5. The summed E-state index contributed by atoms with van der Waals surface area (Å²) in [4.78, 5) is 0. The Morgan fingerprint density at radius 3 is 2.80 bits per heavy atom. The van der Waals surface area contributed by atoms with Crippen LogP contribution in [0.25, 0.3) is 0 Å². The van der Waals surface area contributed by atoms with E-state index in [1.807, 2.05) is 6.92 Å². The van der Waals surface area contributed by atoms with Gasteiger partial charge in [-0.2, -0.15) is 5.10 Å². The molecule has 1 saturated heterocycles. The molecule has 0 spiro atoms. The van der Waals surface area contributed by atoms with Gasteiger partial charge in [-0.1, -0.05) is 11.6 Å². The number of rotatable bonds is 2. The zero-order valence-electron chi connectivity index (χ0n) is 8.83. The molecular weight excluding hydrogens is 214 g/mol. The fourth-order valence-electron chi connectivity index (χ4n) is 1.93. The summed E-state index contributed by atoms with van der Waals surface area (Å²) in [6, 6.07) is 0. The molecule has 0 aromatic carbocycles. The summed E-state index contributed by atoms with van der Waals surface area (Å²) in [7, 11) is 0. The van der Waals surface area contributed by atoms with E-state index in [0.717, 1.165) is 31.6 Å². The van der Waals surface area contributed by atoms with Crippen LogP contribution < -0.4 is 5.32 Å². The van der Waals surface area contributed by atoms with Crippen LogP contribution in [0.2, 0.25) is 5.02 Å². The number of hydrogen-bond acceptors (Lipinski definition) is 3. The Balaban J connectivity index is 2.06. The molecule has 2 rings (SSSR count). The molecule has 5 heteroatoms. The van der Waals surface area contributed by atoms with Crippen molar-refractivity contribution in [2.75, 3.05) is 13.1 Å². The second kappa shape index (κ2) is 4.12. The van der Waals surface area contributed by atoms with Crippen molar-refractivity contribution in [3.8, 4) is 0 Å². The lowest BCUT2D eigenvalue weighted by molar-refractivity contribution is -0.00827. The molecular formula is C10H16ClN3O. The molecule has 1 fully saturated rings. The molecule has 0 bridgehead atoms. The number of halogens is 1. The molecule has 2 heterocycles. The van der Waals surface area contributed by atoms with Crippen LogP contribution in [-0.4, -0.2) is 33.6 Å². The van der Waals surface area contributed by atoms with Gasteiger partial charge in [0, 0.05) is 6.20 Å². The van der Waals surface area contributed by atoms with Crippen molar-refractivity contribution in [1.82, 2.24) is 15.1 Å². The van der Waals surface area contributed by atoms with E-state index in [2.05, 4.69) is 10.4 Å². The van der Waals surface area contributed by atoms with Gasteiger partial charge in [0.1, 0.15) is 0 Å². The van der Waals surface area contributed by atoms with E-state index in [1.165, 1.54) is 0 Å². The van der Waals surface area contributed by atoms with Crippen LogP contribution in [0.4, 0.5) is 0 Å². The number of piperidine rings is 1. The summed E-state index contributed by atoms with van der Waals surface area (Å²) < 4.78 is 1.74. The summed E-state index contributed by atoms with van der Waals surface area (Å²) in [6.45, 7) is 4.13. The fraction of sp³-hybridized carbons (Fsp3) is 0.700. The highest BCUT2D eigenvalue weighted by molar-refractivity contribution is 6.31. The van der Waals surface area contributed by atoms with Crippen molar-refractivity contribution in [3.63, 3.8) is 0 Å². The molecule has 1 aliphatic heterocycles. The van der Waals surface area contributed by atoms with E-state index in [0.29, 0.717) is 11.6 Å². The van der Waals surface area contributed by atoms with Gasteiger partial charge >= 0.3 is 0 Å². The fourth-order valence-corrected chi connectivity index (χ4v) is 2.08. The van der Waals surface area contributed by atoms with Crippen molar-refractivity contribution in [2.45, 2.75) is 31.9 Å². The third-order valence-electron chi connectivity index (χ3n) is 2.88. The Bertz CT molecular complexity index is 325.